The van der Waals surface area contributed by atoms with Crippen LogP contribution in [-0.2, 0) is 4.74 Å². The molecule has 0 radical (unpaired) electrons. The van der Waals surface area contributed by atoms with Crippen LogP contribution in [0.1, 0.15) is 48.7 Å². The summed E-state index contributed by atoms with van der Waals surface area (Å²) >= 11 is 0. The zero-order valence-electron chi connectivity index (χ0n) is 16.4. The number of methoxy groups -OCH3 is 1. The fourth-order valence-corrected chi connectivity index (χ4v) is 3.55. The molecule has 6 nitrogen and oxygen atoms in total. The predicted octanol–water partition coefficient (Wildman–Crippen LogP) is 3.51. The largest absolute Gasteiger partial charge is 0.494 e. The Morgan fingerprint density at radius 2 is 2.11 bits per heavy atom. The minimum Gasteiger partial charge on any atom is -0.494 e. The SMILES string of the molecule is COc1ccc(C)cc1-n1ccc(C(=O)NCCOC2CCCCC2C)n1. The summed E-state index contributed by atoms with van der Waals surface area (Å²) in [6.07, 6.45) is 6.98. The molecule has 6 heteroatoms. The third-order valence-corrected chi connectivity index (χ3v) is 5.16. The van der Waals surface area contributed by atoms with Gasteiger partial charge in [0.1, 0.15) is 11.4 Å². The number of benzene rings is 1. The summed E-state index contributed by atoms with van der Waals surface area (Å²) in [5, 5.41) is 7.28. The summed E-state index contributed by atoms with van der Waals surface area (Å²) in [6, 6.07) is 7.57. The Balaban J connectivity index is 1.53. The lowest BCUT2D eigenvalue weighted by Crippen LogP contribution is -2.32. The van der Waals surface area contributed by atoms with Gasteiger partial charge >= 0.3 is 0 Å². The molecule has 1 aromatic carbocycles. The van der Waals surface area contributed by atoms with Crippen LogP contribution >= 0.6 is 0 Å². The van der Waals surface area contributed by atoms with Gasteiger partial charge in [-0.2, -0.15) is 5.10 Å². The molecular weight excluding hydrogens is 342 g/mol. The average Bonchev–Trinajstić information content (AvgIpc) is 3.16. The summed E-state index contributed by atoms with van der Waals surface area (Å²) in [5.41, 5.74) is 2.29. The molecule has 2 atom stereocenters. The molecule has 1 aromatic heterocycles. The van der Waals surface area contributed by atoms with Crippen LogP contribution in [0.4, 0.5) is 0 Å². The number of amides is 1. The summed E-state index contributed by atoms with van der Waals surface area (Å²) in [7, 11) is 1.62. The average molecular weight is 371 g/mol. The summed E-state index contributed by atoms with van der Waals surface area (Å²) < 4.78 is 13.0. The molecule has 1 amide bonds. The van der Waals surface area contributed by atoms with E-state index in [2.05, 4.69) is 17.3 Å². The van der Waals surface area contributed by atoms with Crippen LogP contribution < -0.4 is 10.1 Å². The van der Waals surface area contributed by atoms with Crippen molar-refractivity contribution < 1.29 is 14.3 Å². The second kappa shape index (κ2) is 9.04. The molecule has 0 aliphatic heterocycles. The quantitative estimate of drug-likeness (QED) is 0.757. The van der Waals surface area contributed by atoms with E-state index in [0.717, 1.165) is 17.7 Å². The number of carbonyl (C=O) groups excluding carboxylic acids is 1. The Morgan fingerprint density at radius 3 is 2.89 bits per heavy atom. The number of nitrogens with zero attached hydrogens (tertiary/aromatic N) is 2. The molecule has 1 fully saturated rings. The molecule has 1 heterocycles. The lowest BCUT2D eigenvalue weighted by atomic mass is 9.88. The van der Waals surface area contributed by atoms with Crippen molar-refractivity contribution in [2.75, 3.05) is 20.3 Å². The van der Waals surface area contributed by atoms with E-state index in [9.17, 15) is 4.79 Å². The second-order valence-corrected chi connectivity index (χ2v) is 7.25. The molecule has 146 valence electrons. The van der Waals surface area contributed by atoms with Crippen molar-refractivity contribution in [3.8, 4) is 11.4 Å². The molecule has 1 aliphatic carbocycles. The standard InChI is InChI=1S/C21H29N3O3/c1-15-8-9-20(26-3)18(14-15)24-12-10-17(23-24)21(25)22-11-13-27-19-7-5-4-6-16(19)2/h8-10,12,14,16,19H,4-7,11,13H2,1-3H3,(H,22,25). The third-order valence-electron chi connectivity index (χ3n) is 5.16. The Morgan fingerprint density at radius 1 is 1.30 bits per heavy atom. The maximum absolute atomic E-state index is 12.4. The van der Waals surface area contributed by atoms with Crippen LogP contribution in [0.3, 0.4) is 0 Å². The van der Waals surface area contributed by atoms with Crippen LogP contribution in [0.5, 0.6) is 5.75 Å². The highest BCUT2D eigenvalue weighted by molar-refractivity contribution is 5.92. The molecule has 0 saturated heterocycles. The molecule has 0 spiro atoms. The lowest BCUT2D eigenvalue weighted by Gasteiger charge is -2.28. The van der Waals surface area contributed by atoms with Crippen LogP contribution in [0.25, 0.3) is 5.69 Å². The molecule has 27 heavy (non-hydrogen) atoms. The van der Waals surface area contributed by atoms with Crippen molar-refractivity contribution in [3.05, 3.63) is 41.7 Å². The first-order chi connectivity index (χ1) is 13.1. The lowest BCUT2D eigenvalue weighted by molar-refractivity contribution is -0.00295. The van der Waals surface area contributed by atoms with E-state index in [-0.39, 0.29) is 5.91 Å². The Labute approximate surface area is 160 Å². The Kier molecular flexibility index (Phi) is 6.50. The van der Waals surface area contributed by atoms with E-state index >= 15 is 0 Å². The third kappa shape index (κ3) is 4.89. The molecule has 1 saturated carbocycles. The first-order valence-corrected chi connectivity index (χ1v) is 9.69. The number of carbonyl (C=O) groups is 1. The minimum atomic E-state index is -0.194. The van der Waals surface area contributed by atoms with Gasteiger partial charge in [0.25, 0.3) is 5.91 Å². The predicted molar refractivity (Wildman–Crippen MR) is 105 cm³/mol. The zero-order valence-corrected chi connectivity index (χ0v) is 16.4. The van der Waals surface area contributed by atoms with Gasteiger partial charge in [-0.05, 0) is 49.4 Å². The maximum Gasteiger partial charge on any atom is 0.271 e. The van der Waals surface area contributed by atoms with E-state index in [1.165, 1.54) is 19.3 Å². The number of rotatable bonds is 7. The van der Waals surface area contributed by atoms with Crippen molar-refractivity contribution in [2.24, 2.45) is 5.92 Å². The normalized spacial score (nSPS) is 19.7. The minimum absolute atomic E-state index is 0.194. The van der Waals surface area contributed by atoms with Gasteiger partial charge in [0.15, 0.2) is 5.69 Å². The summed E-state index contributed by atoms with van der Waals surface area (Å²) in [6.45, 7) is 5.28. The number of hydrogen-bond acceptors (Lipinski definition) is 4. The second-order valence-electron chi connectivity index (χ2n) is 7.25. The van der Waals surface area contributed by atoms with Gasteiger partial charge in [0.2, 0.25) is 0 Å². The first kappa shape index (κ1) is 19.4. The van der Waals surface area contributed by atoms with E-state index in [4.69, 9.17) is 9.47 Å². The molecule has 1 N–H and O–H groups in total. The number of hydrogen-bond donors (Lipinski definition) is 1. The van der Waals surface area contributed by atoms with E-state index in [1.54, 1.807) is 24.1 Å². The van der Waals surface area contributed by atoms with Crippen LogP contribution in [0, 0.1) is 12.8 Å². The monoisotopic (exact) mass is 371 g/mol. The van der Waals surface area contributed by atoms with Gasteiger partial charge in [0.05, 0.1) is 19.8 Å². The van der Waals surface area contributed by atoms with E-state index in [1.807, 2.05) is 25.1 Å². The smallest absolute Gasteiger partial charge is 0.271 e. The maximum atomic E-state index is 12.4. The Hall–Kier alpha value is -2.34. The molecular formula is C21H29N3O3. The zero-order chi connectivity index (χ0) is 19.2. The summed E-state index contributed by atoms with van der Waals surface area (Å²) in [4.78, 5) is 12.4. The highest BCUT2D eigenvalue weighted by Gasteiger charge is 2.21. The number of ether oxygens (including phenoxy) is 2. The molecule has 3 rings (SSSR count). The number of nitrogens with one attached hydrogen (secondary N) is 1. The molecule has 1 aliphatic rings. The molecule has 2 unspecified atom stereocenters. The van der Waals surface area contributed by atoms with Gasteiger partial charge < -0.3 is 14.8 Å². The van der Waals surface area contributed by atoms with Gasteiger partial charge in [-0.15, -0.1) is 0 Å². The highest BCUT2D eigenvalue weighted by atomic mass is 16.5. The number of aromatic nitrogens is 2. The van der Waals surface area contributed by atoms with Gasteiger partial charge in [-0.25, -0.2) is 4.68 Å². The van der Waals surface area contributed by atoms with Gasteiger partial charge in [-0.3, -0.25) is 4.79 Å². The van der Waals surface area contributed by atoms with Crippen molar-refractivity contribution in [1.82, 2.24) is 15.1 Å². The highest BCUT2D eigenvalue weighted by Crippen LogP contribution is 2.26. The molecule has 2 aromatic rings. The van der Waals surface area contributed by atoms with Crippen molar-refractivity contribution in [1.29, 1.82) is 0 Å². The van der Waals surface area contributed by atoms with E-state index in [0.29, 0.717) is 36.6 Å². The van der Waals surface area contributed by atoms with Gasteiger partial charge in [0, 0.05) is 12.7 Å². The fourth-order valence-electron chi connectivity index (χ4n) is 3.55. The van der Waals surface area contributed by atoms with Crippen molar-refractivity contribution in [2.45, 2.75) is 45.6 Å². The van der Waals surface area contributed by atoms with Crippen molar-refractivity contribution >= 4 is 5.91 Å². The number of aryl methyl sites for hydroxylation is 1. The van der Waals surface area contributed by atoms with Gasteiger partial charge in [-0.1, -0.05) is 25.8 Å². The van der Waals surface area contributed by atoms with E-state index < -0.39 is 0 Å². The van der Waals surface area contributed by atoms with Crippen LogP contribution in [0.15, 0.2) is 30.5 Å². The van der Waals surface area contributed by atoms with Crippen LogP contribution in [0.2, 0.25) is 0 Å². The Bertz CT molecular complexity index is 772. The first-order valence-electron chi connectivity index (χ1n) is 9.69. The summed E-state index contributed by atoms with van der Waals surface area (Å²) in [5.74, 6) is 1.13. The van der Waals surface area contributed by atoms with Crippen LogP contribution in [-0.4, -0.2) is 42.1 Å². The topological polar surface area (TPSA) is 65.4 Å². The molecule has 0 bridgehead atoms. The van der Waals surface area contributed by atoms with Crippen molar-refractivity contribution in [3.63, 3.8) is 0 Å². The fraction of sp³-hybridized carbons (Fsp3) is 0.524.